The minimum Gasteiger partial charge on any atom is -0.453 e. The van der Waals surface area contributed by atoms with Crippen LogP contribution < -0.4 is 24.6 Å². The Labute approximate surface area is 236 Å². The van der Waals surface area contributed by atoms with Crippen molar-refractivity contribution in [2.45, 2.75) is 12.0 Å². The highest BCUT2D eigenvalue weighted by atomic mass is 16.5. The Morgan fingerprint density at radius 2 is 1.15 bits per heavy atom. The monoisotopic (exact) mass is 533 g/mol. The predicted molar refractivity (Wildman–Crippen MR) is 161 cm³/mol. The summed E-state index contributed by atoms with van der Waals surface area (Å²) in [6, 6.07) is 34.5. The first-order chi connectivity index (χ1) is 20.3. The number of anilines is 6. The lowest BCUT2D eigenvalue weighted by Crippen LogP contribution is -2.28. The van der Waals surface area contributed by atoms with Crippen LogP contribution in [0.15, 0.2) is 126 Å². The molecule has 9 rings (SSSR count). The average Bonchev–Trinajstić information content (AvgIpc) is 3.39. The van der Waals surface area contributed by atoms with Gasteiger partial charge in [0.05, 0.1) is 28.8 Å². The van der Waals surface area contributed by atoms with E-state index in [1.165, 1.54) is 0 Å². The van der Waals surface area contributed by atoms with Crippen molar-refractivity contribution in [3.05, 3.63) is 127 Å². The Bertz CT molecular complexity index is 1840. The van der Waals surface area contributed by atoms with Gasteiger partial charge in [0.25, 0.3) is 0 Å². The number of para-hydroxylation sites is 8. The van der Waals surface area contributed by atoms with Crippen molar-refractivity contribution < 1.29 is 9.47 Å². The topological polar surface area (TPSA) is 62.2 Å². The zero-order valence-electron chi connectivity index (χ0n) is 21.8. The van der Waals surface area contributed by atoms with Crippen LogP contribution in [0.5, 0.6) is 23.0 Å². The van der Waals surface area contributed by atoms with E-state index in [2.05, 4.69) is 51.5 Å². The molecule has 0 saturated heterocycles. The van der Waals surface area contributed by atoms with Crippen molar-refractivity contribution in [1.82, 2.24) is 4.98 Å². The number of hydrogen-bond donors (Lipinski definition) is 1. The standard InChI is InChI=1S/C34H23N5O2/c1-5-13-29-25(9-1)38(26-10-2-6-14-30(26)40-29)33-17-23-21(19-35-33)22-20-36-34(18-24(22)37-23)39-27-11-3-7-15-31(27)41-32-16-8-4-12-28(32)39/h1-21,23,37H. The van der Waals surface area contributed by atoms with Crippen LogP contribution in [0.4, 0.5) is 34.3 Å². The summed E-state index contributed by atoms with van der Waals surface area (Å²) in [4.78, 5) is 14.3. The number of pyridine rings is 1. The maximum absolute atomic E-state index is 6.20. The summed E-state index contributed by atoms with van der Waals surface area (Å²) in [6.45, 7) is 0. The van der Waals surface area contributed by atoms with Gasteiger partial charge >= 0.3 is 0 Å². The third-order valence-electron chi connectivity index (χ3n) is 8.01. The third-order valence-corrected chi connectivity index (χ3v) is 8.01. The van der Waals surface area contributed by atoms with Crippen molar-refractivity contribution in [1.29, 1.82) is 0 Å². The van der Waals surface area contributed by atoms with Gasteiger partial charge in [0.2, 0.25) is 0 Å². The number of fused-ring (bicyclic) bond motifs is 7. The van der Waals surface area contributed by atoms with E-state index in [4.69, 9.17) is 19.5 Å². The van der Waals surface area contributed by atoms with Crippen LogP contribution in [0.2, 0.25) is 0 Å². The fraction of sp³-hybridized carbons (Fsp3) is 0.0588. The molecule has 4 aromatic carbocycles. The van der Waals surface area contributed by atoms with E-state index in [0.29, 0.717) is 0 Å². The first-order valence-electron chi connectivity index (χ1n) is 13.7. The fourth-order valence-electron chi connectivity index (χ4n) is 6.14. The molecular weight excluding hydrogens is 510 g/mol. The smallest absolute Gasteiger partial charge is 0.151 e. The van der Waals surface area contributed by atoms with Gasteiger partial charge in [0.1, 0.15) is 11.6 Å². The lowest BCUT2D eigenvalue weighted by molar-refractivity contribution is 0.475. The highest BCUT2D eigenvalue weighted by Crippen LogP contribution is 2.52. The quantitative estimate of drug-likeness (QED) is 0.241. The largest absolute Gasteiger partial charge is 0.453 e. The second-order valence-electron chi connectivity index (χ2n) is 10.4. The number of ether oxygens (including phenoxy) is 2. The van der Waals surface area contributed by atoms with E-state index in [9.17, 15) is 0 Å². The van der Waals surface area contributed by atoms with E-state index in [1.54, 1.807) is 0 Å². The second kappa shape index (κ2) is 8.47. The van der Waals surface area contributed by atoms with Crippen molar-refractivity contribution in [3.63, 3.8) is 0 Å². The van der Waals surface area contributed by atoms with Crippen LogP contribution in [0.1, 0.15) is 11.5 Å². The van der Waals surface area contributed by atoms with Gasteiger partial charge in [-0.15, -0.1) is 0 Å². The molecule has 1 N–H and O–H groups in total. The van der Waals surface area contributed by atoms with E-state index in [1.807, 2.05) is 85.2 Å². The third kappa shape index (κ3) is 3.32. The number of rotatable bonds is 2. The Kier molecular flexibility index (Phi) is 4.60. The molecule has 4 aliphatic heterocycles. The number of aliphatic imine (C=N–C) groups is 1. The van der Waals surface area contributed by atoms with Gasteiger partial charge in [0.15, 0.2) is 23.0 Å². The zero-order chi connectivity index (χ0) is 26.9. The predicted octanol–water partition coefficient (Wildman–Crippen LogP) is 8.40. The molecule has 5 aromatic rings. The molecule has 0 saturated carbocycles. The Morgan fingerprint density at radius 3 is 1.71 bits per heavy atom. The van der Waals surface area contributed by atoms with Crippen molar-refractivity contribution in [2.75, 3.05) is 15.1 Å². The highest BCUT2D eigenvalue weighted by molar-refractivity contribution is 5.89. The van der Waals surface area contributed by atoms with Gasteiger partial charge in [-0.05, 0) is 54.6 Å². The van der Waals surface area contributed by atoms with Crippen molar-refractivity contribution in [3.8, 4) is 23.0 Å². The molecule has 0 fully saturated rings. The molecule has 5 heterocycles. The van der Waals surface area contributed by atoms with Gasteiger partial charge in [-0.25, -0.2) is 9.98 Å². The second-order valence-corrected chi connectivity index (χ2v) is 10.4. The molecule has 4 aliphatic rings. The van der Waals surface area contributed by atoms with Crippen LogP contribution in [-0.2, 0) is 0 Å². The molecule has 0 radical (unpaired) electrons. The molecule has 0 aliphatic carbocycles. The van der Waals surface area contributed by atoms with Crippen LogP contribution in [0, 0.1) is 0 Å². The normalized spacial score (nSPS) is 18.8. The number of nitrogens with zero attached hydrogens (tertiary/aromatic N) is 4. The molecule has 1 aromatic heterocycles. The van der Waals surface area contributed by atoms with Crippen molar-refractivity contribution >= 4 is 40.5 Å². The van der Waals surface area contributed by atoms with Gasteiger partial charge in [-0.3, -0.25) is 9.80 Å². The Morgan fingerprint density at radius 1 is 0.634 bits per heavy atom. The van der Waals surface area contributed by atoms with Crippen LogP contribution in [0.25, 0.3) is 0 Å². The molecule has 2 atom stereocenters. The van der Waals surface area contributed by atoms with Gasteiger partial charge < -0.3 is 14.8 Å². The molecule has 7 nitrogen and oxygen atoms in total. The van der Waals surface area contributed by atoms with E-state index in [-0.39, 0.29) is 12.0 Å². The van der Waals surface area contributed by atoms with Crippen LogP contribution in [-0.4, -0.2) is 17.2 Å². The summed E-state index contributed by atoms with van der Waals surface area (Å²) >= 11 is 0. The van der Waals surface area contributed by atoms with Gasteiger partial charge in [-0.1, -0.05) is 48.5 Å². The molecule has 41 heavy (non-hydrogen) atoms. The minimum absolute atomic E-state index is 0.0426. The minimum atomic E-state index is 0.0426. The van der Waals surface area contributed by atoms with Crippen LogP contribution in [0.3, 0.4) is 0 Å². The molecular formula is C34H23N5O2. The van der Waals surface area contributed by atoms with Crippen molar-refractivity contribution in [2.24, 2.45) is 4.99 Å². The molecule has 7 heteroatoms. The SMILES string of the molecule is C1=NC(N2c3ccccc3Oc3ccccc32)=CC2Nc3cc(N4c5ccccc5Oc5ccccc54)ncc3C12. The summed E-state index contributed by atoms with van der Waals surface area (Å²) in [5, 5.41) is 3.76. The molecule has 0 amide bonds. The summed E-state index contributed by atoms with van der Waals surface area (Å²) in [6.07, 6.45) is 6.23. The summed E-state index contributed by atoms with van der Waals surface area (Å²) in [7, 11) is 0. The van der Waals surface area contributed by atoms with E-state index in [0.717, 1.165) is 68.6 Å². The molecule has 196 valence electrons. The molecule has 0 bridgehead atoms. The lowest BCUT2D eigenvalue weighted by atomic mass is 9.95. The summed E-state index contributed by atoms with van der Waals surface area (Å²) in [5.41, 5.74) is 6.05. The fourth-order valence-corrected chi connectivity index (χ4v) is 6.14. The van der Waals surface area contributed by atoms with E-state index >= 15 is 0 Å². The maximum Gasteiger partial charge on any atom is 0.151 e. The molecule has 0 spiro atoms. The maximum atomic E-state index is 6.20. The Balaban J connectivity index is 1.10. The van der Waals surface area contributed by atoms with Gasteiger partial charge in [-0.2, -0.15) is 0 Å². The lowest BCUT2D eigenvalue weighted by Gasteiger charge is -2.34. The van der Waals surface area contributed by atoms with E-state index < -0.39 is 0 Å². The zero-order valence-corrected chi connectivity index (χ0v) is 21.8. The number of benzene rings is 4. The first-order valence-corrected chi connectivity index (χ1v) is 13.7. The average molecular weight is 534 g/mol. The highest BCUT2D eigenvalue weighted by Gasteiger charge is 2.36. The number of nitrogens with one attached hydrogen (secondary N) is 1. The summed E-state index contributed by atoms with van der Waals surface area (Å²) in [5.74, 6) is 5.01. The first kappa shape index (κ1) is 22.3. The summed E-state index contributed by atoms with van der Waals surface area (Å²) < 4.78 is 12.4. The van der Waals surface area contributed by atoms with Gasteiger partial charge in [0, 0.05) is 35.6 Å². The Hall–Kier alpha value is -5.56. The molecule has 2 unspecified atom stereocenters. The number of hydrogen-bond acceptors (Lipinski definition) is 7. The van der Waals surface area contributed by atoms with Crippen LogP contribution >= 0.6 is 0 Å². The number of aromatic nitrogens is 1.